The third-order valence-electron chi connectivity index (χ3n) is 6.37. The van der Waals surface area contributed by atoms with Crippen LogP contribution in [-0.4, -0.2) is 5.91 Å². The molecule has 1 atom stereocenters. The number of carbonyl (C=O) groups excluding carboxylic acids is 1. The maximum absolute atomic E-state index is 13.7. The third-order valence-corrected chi connectivity index (χ3v) is 6.61. The van der Waals surface area contributed by atoms with Crippen molar-refractivity contribution in [2.24, 2.45) is 0 Å². The molecular formula is C28H24ClNO3. The summed E-state index contributed by atoms with van der Waals surface area (Å²) in [6.07, 6.45) is 0.904. The summed E-state index contributed by atoms with van der Waals surface area (Å²) in [5.74, 6) is 0.152. The average Bonchev–Trinajstić information content (AvgIpc) is 3.12. The number of anilines is 1. The van der Waals surface area contributed by atoms with E-state index in [0.29, 0.717) is 27.5 Å². The number of benzene rings is 3. The second-order valence-corrected chi connectivity index (χ2v) is 9.17. The molecule has 1 unspecified atom stereocenters. The van der Waals surface area contributed by atoms with Crippen LogP contribution in [0.15, 0.2) is 75.9 Å². The Hall–Kier alpha value is -3.37. The summed E-state index contributed by atoms with van der Waals surface area (Å²) in [5, 5.41) is 0.824. The van der Waals surface area contributed by atoms with Crippen molar-refractivity contribution in [3.8, 4) is 0 Å². The number of halogens is 1. The van der Waals surface area contributed by atoms with Gasteiger partial charge in [0.1, 0.15) is 5.58 Å². The van der Waals surface area contributed by atoms with Gasteiger partial charge in [-0.05, 0) is 59.4 Å². The van der Waals surface area contributed by atoms with E-state index >= 15 is 0 Å². The van der Waals surface area contributed by atoms with Gasteiger partial charge in [0.25, 0.3) is 5.91 Å². The predicted molar refractivity (Wildman–Crippen MR) is 132 cm³/mol. The molecule has 33 heavy (non-hydrogen) atoms. The van der Waals surface area contributed by atoms with Crippen LogP contribution in [0, 0.1) is 0 Å². The molecule has 4 aromatic rings. The van der Waals surface area contributed by atoms with Crippen LogP contribution in [0.4, 0.5) is 5.69 Å². The maximum Gasteiger partial charge on any atom is 0.295 e. The van der Waals surface area contributed by atoms with Crippen molar-refractivity contribution in [2.45, 2.75) is 39.2 Å². The molecule has 166 valence electrons. The highest BCUT2D eigenvalue weighted by molar-refractivity contribution is 6.31. The van der Waals surface area contributed by atoms with E-state index in [2.05, 4.69) is 32.9 Å². The van der Waals surface area contributed by atoms with Crippen LogP contribution in [-0.2, 0) is 6.42 Å². The molecule has 2 heterocycles. The van der Waals surface area contributed by atoms with Gasteiger partial charge in [0, 0.05) is 10.7 Å². The topological polar surface area (TPSA) is 50.5 Å². The van der Waals surface area contributed by atoms with Gasteiger partial charge in [-0.3, -0.25) is 14.5 Å². The Kier molecular flexibility index (Phi) is 5.34. The summed E-state index contributed by atoms with van der Waals surface area (Å²) < 4.78 is 6.01. The number of aryl methyl sites for hydroxylation is 1. The molecule has 5 rings (SSSR count). The standard InChI is InChI=1S/C28H24ClNO3/c1-4-17-5-12-21(13-6-17)30-25(19-9-7-18(8-10-19)16(2)3)24-26(31)22-15-20(29)11-14-23(22)33-27(24)28(30)32/h5-16,25H,4H2,1-3H3. The Morgan fingerprint density at radius 3 is 2.30 bits per heavy atom. The van der Waals surface area contributed by atoms with Crippen molar-refractivity contribution < 1.29 is 9.21 Å². The first-order valence-corrected chi connectivity index (χ1v) is 11.6. The molecule has 0 aliphatic carbocycles. The summed E-state index contributed by atoms with van der Waals surface area (Å²) in [6, 6.07) is 20.3. The number of amides is 1. The van der Waals surface area contributed by atoms with Crippen LogP contribution in [0.25, 0.3) is 11.0 Å². The van der Waals surface area contributed by atoms with Gasteiger partial charge in [-0.2, -0.15) is 0 Å². The zero-order valence-electron chi connectivity index (χ0n) is 18.8. The molecule has 0 spiro atoms. The molecule has 0 saturated heterocycles. The van der Waals surface area contributed by atoms with Gasteiger partial charge in [0.2, 0.25) is 5.76 Å². The van der Waals surface area contributed by atoms with E-state index in [0.717, 1.165) is 17.7 Å². The van der Waals surface area contributed by atoms with E-state index < -0.39 is 6.04 Å². The molecule has 0 radical (unpaired) electrons. The van der Waals surface area contributed by atoms with Gasteiger partial charge in [0.05, 0.1) is 17.0 Å². The first kappa shape index (κ1) is 21.5. The van der Waals surface area contributed by atoms with Crippen molar-refractivity contribution in [3.05, 3.63) is 110 Å². The molecule has 4 nitrogen and oxygen atoms in total. The van der Waals surface area contributed by atoms with Crippen molar-refractivity contribution in [2.75, 3.05) is 4.90 Å². The zero-order valence-corrected chi connectivity index (χ0v) is 19.5. The largest absolute Gasteiger partial charge is 0.450 e. The van der Waals surface area contributed by atoms with Gasteiger partial charge in [-0.1, -0.05) is 68.8 Å². The van der Waals surface area contributed by atoms with Gasteiger partial charge < -0.3 is 4.42 Å². The Morgan fingerprint density at radius 2 is 1.67 bits per heavy atom. The van der Waals surface area contributed by atoms with Crippen molar-refractivity contribution in [1.29, 1.82) is 0 Å². The summed E-state index contributed by atoms with van der Waals surface area (Å²) in [4.78, 5) is 29.0. The van der Waals surface area contributed by atoms with E-state index in [1.165, 1.54) is 11.1 Å². The number of fused-ring (bicyclic) bond motifs is 2. The molecular weight excluding hydrogens is 434 g/mol. The summed E-state index contributed by atoms with van der Waals surface area (Å²) in [7, 11) is 0. The second kappa shape index (κ2) is 8.20. The van der Waals surface area contributed by atoms with Crippen LogP contribution in [0.1, 0.15) is 65.5 Å². The molecule has 1 amide bonds. The lowest BCUT2D eigenvalue weighted by atomic mass is 9.95. The number of hydrogen-bond acceptors (Lipinski definition) is 3. The number of nitrogens with zero attached hydrogens (tertiary/aromatic N) is 1. The molecule has 5 heteroatoms. The third kappa shape index (κ3) is 3.55. The lowest BCUT2D eigenvalue weighted by Gasteiger charge is -2.25. The molecule has 1 aliphatic heterocycles. The van der Waals surface area contributed by atoms with Crippen LogP contribution in [0.5, 0.6) is 0 Å². The summed E-state index contributed by atoms with van der Waals surface area (Å²) >= 11 is 6.17. The highest BCUT2D eigenvalue weighted by Gasteiger charge is 2.43. The fourth-order valence-electron chi connectivity index (χ4n) is 4.48. The predicted octanol–water partition coefficient (Wildman–Crippen LogP) is 6.88. The van der Waals surface area contributed by atoms with Crippen molar-refractivity contribution >= 4 is 34.2 Å². The molecule has 0 saturated carbocycles. The summed E-state index contributed by atoms with van der Waals surface area (Å²) in [6.45, 7) is 6.36. The van der Waals surface area contributed by atoms with E-state index in [9.17, 15) is 9.59 Å². The van der Waals surface area contributed by atoms with E-state index in [1.54, 1.807) is 23.1 Å². The zero-order chi connectivity index (χ0) is 23.3. The Labute approximate surface area is 197 Å². The van der Waals surface area contributed by atoms with Crippen LogP contribution < -0.4 is 10.3 Å². The molecule has 3 aromatic carbocycles. The molecule has 0 N–H and O–H groups in total. The van der Waals surface area contributed by atoms with Crippen LogP contribution in [0.2, 0.25) is 5.02 Å². The molecule has 1 aliphatic rings. The molecule has 0 fully saturated rings. The Bertz CT molecular complexity index is 1420. The minimum Gasteiger partial charge on any atom is -0.450 e. The van der Waals surface area contributed by atoms with E-state index in [4.69, 9.17) is 16.0 Å². The number of carbonyl (C=O) groups is 1. The van der Waals surface area contributed by atoms with Crippen LogP contribution in [0.3, 0.4) is 0 Å². The van der Waals surface area contributed by atoms with E-state index in [-0.39, 0.29) is 17.1 Å². The smallest absolute Gasteiger partial charge is 0.295 e. The summed E-state index contributed by atoms with van der Waals surface area (Å²) in [5.41, 5.74) is 4.44. The molecule has 1 aromatic heterocycles. The SMILES string of the molecule is CCc1ccc(N2C(=O)c3oc4ccc(Cl)cc4c(=O)c3C2c2ccc(C(C)C)cc2)cc1. The number of hydrogen-bond donors (Lipinski definition) is 0. The molecule has 0 bridgehead atoms. The monoisotopic (exact) mass is 457 g/mol. The lowest BCUT2D eigenvalue weighted by Crippen LogP contribution is -2.29. The quantitative estimate of drug-likeness (QED) is 0.335. The first-order chi connectivity index (χ1) is 15.9. The Balaban J connectivity index is 1.75. The van der Waals surface area contributed by atoms with Crippen molar-refractivity contribution in [3.63, 3.8) is 0 Å². The fraction of sp³-hybridized carbons (Fsp3) is 0.214. The second-order valence-electron chi connectivity index (χ2n) is 8.73. The lowest BCUT2D eigenvalue weighted by molar-refractivity contribution is 0.0971. The van der Waals surface area contributed by atoms with Gasteiger partial charge in [0.15, 0.2) is 5.43 Å². The van der Waals surface area contributed by atoms with E-state index in [1.807, 2.05) is 36.4 Å². The normalized spacial score (nSPS) is 15.5. The first-order valence-electron chi connectivity index (χ1n) is 11.2. The van der Waals surface area contributed by atoms with Gasteiger partial charge >= 0.3 is 0 Å². The van der Waals surface area contributed by atoms with Gasteiger partial charge in [-0.15, -0.1) is 0 Å². The van der Waals surface area contributed by atoms with Gasteiger partial charge in [-0.25, -0.2) is 0 Å². The van der Waals surface area contributed by atoms with Crippen molar-refractivity contribution in [1.82, 2.24) is 0 Å². The highest BCUT2D eigenvalue weighted by atomic mass is 35.5. The van der Waals surface area contributed by atoms with Crippen LogP contribution >= 0.6 is 11.6 Å². The Morgan fingerprint density at radius 1 is 0.970 bits per heavy atom. The maximum atomic E-state index is 13.7. The average molecular weight is 458 g/mol. The minimum atomic E-state index is -0.583. The minimum absolute atomic E-state index is 0.0901. The fourth-order valence-corrected chi connectivity index (χ4v) is 4.65. The number of rotatable bonds is 4. The highest BCUT2D eigenvalue weighted by Crippen LogP contribution is 2.41.